The van der Waals surface area contributed by atoms with E-state index in [0.717, 1.165) is 0 Å². The molecule has 2 aliphatic rings. The van der Waals surface area contributed by atoms with Crippen molar-refractivity contribution < 1.29 is 17.9 Å². The van der Waals surface area contributed by atoms with Crippen LogP contribution in [0.3, 0.4) is 0 Å². The van der Waals surface area contributed by atoms with E-state index in [0.29, 0.717) is 30.9 Å². The first-order valence-corrected chi connectivity index (χ1v) is 9.32. The Hall–Kier alpha value is -2.09. The van der Waals surface area contributed by atoms with Crippen LogP contribution >= 0.6 is 0 Å². The van der Waals surface area contributed by atoms with E-state index in [4.69, 9.17) is 4.74 Å². The zero-order valence-electron chi connectivity index (χ0n) is 13.9. The lowest BCUT2D eigenvalue weighted by Gasteiger charge is -2.24. The Kier molecular flexibility index (Phi) is 4.03. The van der Waals surface area contributed by atoms with Crippen LogP contribution in [0.2, 0.25) is 0 Å². The summed E-state index contributed by atoms with van der Waals surface area (Å²) in [7, 11) is -3.54. The maximum Gasteiger partial charge on any atom is 0.410 e. The van der Waals surface area contributed by atoms with Gasteiger partial charge in [0.25, 0.3) is 10.0 Å². The molecule has 1 aromatic rings. The van der Waals surface area contributed by atoms with Gasteiger partial charge in [0.05, 0.1) is 10.9 Å². The molecular formula is C16H21N3O4S. The van der Waals surface area contributed by atoms with Crippen molar-refractivity contribution in [2.24, 2.45) is 4.99 Å². The predicted molar refractivity (Wildman–Crippen MR) is 89.5 cm³/mol. The molecule has 0 aliphatic carbocycles. The second-order valence-corrected chi connectivity index (χ2v) is 8.60. The number of hydrogen-bond acceptors (Lipinski definition) is 5. The fourth-order valence-electron chi connectivity index (χ4n) is 2.75. The molecule has 1 N–H and O–H groups in total. The largest absolute Gasteiger partial charge is 0.444 e. The van der Waals surface area contributed by atoms with Crippen LogP contribution in [0.4, 0.5) is 4.79 Å². The van der Waals surface area contributed by atoms with E-state index >= 15 is 0 Å². The Morgan fingerprint density at radius 1 is 1.33 bits per heavy atom. The van der Waals surface area contributed by atoms with Gasteiger partial charge >= 0.3 is 6.09 Å². The van der Waals surface area contributed by atoms with Crippen molar-refractivity contribution in [1.82, 2.24) is 9.62 Å². The number of aliphatic imine (C=N–C) groups is 1. The van der Waals surface area contributed by atoms with Gasteiger partial charge in [0, 0.05) is 18.7 Å². The summed E-state index contributed by atoms with van der Waals surface area (Å²) in [4.78, 5) is 18.5. The van der Waals surface area contributed by atoms with Crippen LogP contribution in [-0.2, 0) is 14.8 Å². The minimum absolute atomic E-state index is 0.152. The molecule has 24 heavy (non-hydrogen) atoms. The Morgan fingerprint density at radius 3 is 2.75 bits per heavy atom. The molecule has 1 aromatic carbocycles. The third kappa shape index (κ3) is 3.38. The first-order chi connectivity index (χ1) is 11.2. The number of benzene rings is 1. The van der Waals surface area contributed by atoms with Gasteiger partial charge in [-0.05, 0) is 39.3 Å². The number of rotatable bonds is 1. The van der Waals surface area contributed by atoms with Crippen molar-refractivity contribution in [3.63, 3.8) is 0 Å². The van der Waals surface area contributed by atoms with Gasteiger partial charge in [-0.2, -0.15) is 0 Å². The summed E-state index contributed by atoms with van der Waals surface area (Å²) >= 11 is 0. The molecule has 2 aliphatic heterocycles. The summed E-state index contributed by atoms with van der Waals surface area (Å²) in [5, 5.41) is 0. The summed E-state index contributed by atoms with van der Waals surface area (Å²) in [6.45, 7) is 6.43. The van der Waals surface area contributed by atoms with Gasteiger partial charge in [-0.1, -0.05) is 12.1 Å². The van der Waals surface area contributed by atoms with Crippen LogP contribution in [0.15, 0.2) is 34.2 Å². The number of hydrogen-bond donors (Lipinski definition) is 1. The minimum Gasteiger partial charge on any atom is -0.444 e. The molecule has 130 valence electrons. The summed E-state index contributed by atoms with van der Waals surface area (Å²) in [5.41, 5.74) is 0.0365. The molecule has 2 heterocycles. The van der Waals surface area contributed by atoms with E-state index in [-0.39, 0.29) is 17.0 Å². The highest BCUT2D eigenvalue weighted by Gasteiger charge is 2.33. The first kappa shape index (κ1) is 16.8. The lowest BCUT2D eigenvalue weighted by Crippen LogP contribution is -2.35. The van der Waals surface area contributed by atoms with Gasteiger partial charge in [0.1, 0.15) is 11.4 Å². The molecule has 8 heteroatoms. The maximum atomic E-state index is 12.1. The van der Waals surface area contributed by atoms with E-state index in [1.807, 2.05) is 20.8 Å². The summed E-state index contributed by atoms with van der Waals surface area (Å²) in [5.74, 6) is 0.349. The molecule has 0 radical (unpaired) electrons. The summed E-state index contributed by atoms with van der Waals surface area (Å²) in [6, 6.07) is 6.59. The van der Waals surface area contributed by atoms with Crippen molar-refractivity contribution >= 4 is 22.0 Å². The zero-order chi connectivity index (χ0) is 17.5. The minimum atomic E-state index is -3.54. The summed E-state index contributed by atoms with van der Waals surface area (Å²) in [6.07, 6.45) is 0.310. The van der Waals surface area contributed by atoms with Gasteiger partial charge in [0.2, 0.25) is 0 Å². The number of fused-ring (bicyclic) bond motifs is 1. The van der Waals surface area contributed by atoms with Gasteiger partial charge in [-0.3, -0.25) is 9.71 Å². The number of likely N-dealkylation sites (tertiary alicyclic amines) is 1. The third-order valence-corrected chi connectivity index (χ3v) is 5.19. The molecular weight excluding hydrogens is 330 g/mol. The number of carbonyl (C=O) groups excluding carboxylic acids is 1. The van der Waals surface area contributed by atoms with Crippen molar-refractivity contribution in [3.8, 4) is 0 Å². The van der Waals surface area contributed by atoms with E-state index in [2.05, 4.69) is 9.71 Å². The van der Waals surface area contributed by atoms with Crippen LogP contribution in [0, 0.1) is 0 Å². The van der Waals surface area contributed by atoms with E-state index in [1.54, 1.807) is 29.2 Å². The molecule has 7 nitrogen and oxygen atoms in total. The third-order valence-electron chi connectivity index (χ3n) is 3.79. The van der Waals surface area contributed by atoms with Crippen LogP contribution < -0.4 is 4.72 Å². The van der Waals surface area contributed by atoms with Gasteiger partial charge in [-0.25, -0.2) is 13.2 Å². The van der Waals surface area contributed by atoms with Gasteiger partial charge in [-0.15, -0.1) is 0 Å². The van der Waals surface area contributed by atoms with Crippen LogP contribution in [0.25, 0.3) is 0 Å². The molecule has 3 rings (SSSR count). The standard InChI is InChI=1S/C16H21N3O4S/c1-16(2,3)23-15(20)19-9-8-11(10-19)17-14-12-6-4-5-7-13(12)24(21,22)18-14/h4-7,11H,8-10H2,1-3H3,(H,17,18)/t11-/m1/s1. The Labute approximate surface area is 141 Å². The topological polar surface area (TPSA) is 88.1 Å². The van der Waals surface area contributed by atoms with Crippen LogP contribution in [0.1, 0.15) is 32.8 Å². The molecule has 1 amide bonds. The Balaban J connectivity index is 1.74. The molecule has 1 fully saturated rings. The summed E-state index contributed by atoms with van der Waals surface area (Å²) < 4.78 is 32.0. The van der Waals surface area contributed by atoms with E-state index in [9.17, 15) is 13.2 Å². The number of sulfonamides is 1. The fraction of sp³-hybridized carbons (Fsp3) is 0.500. The van der Waals surface area contributed by atoms with Crippen molar-refractivity contribution in [2.75, 3.05) is 13.1 Å². The monoisotopic (exact) mass is 351 g/mol. The lowest BCUT2D eigenvalue weighted by atomic mass is 10.2. The first-order valence-electron chi connectivity index (χ1n) is 7.84. The van der Waals surface area contributed by atoms with Crippen molar-refractivity contribution in [3.05, 3.63) is 29.8 Å². The Morgan fingerprint density at radius 2 is 2.04 bits per heavy atom. The van der Waals surface area contributed by atoms with Gasteiger partial charge < -0.3 is 9.64 Å². The molecule has 0 saturated carbocycles. The molecule has 0 unspecified atom stereocenters. The second-order valence-electron chi connectivity index (χ2n) is 6.95. The highest BCUT2D eigenvalue weighted by atomic mass is 32.2. The predicted octanol–water partition coefficient (Wildman–Crippen LogP) is 1.73. The molecule has 0 spiro atoms. The van der Waals surface area contributed by atoms with Crippen molar-refractivity contribution in [1.29, 1.82) is 0 Å². The number of carbonyl (C=O) groups is 1. The molecule has 0 bridgehead atoms. The Bertz CT molecular complexity index is 796. The number of nitrogens with one attached hydrogen (secondary N) is 1. The SMILES string of the molecule is CC(C)(C)OC(=O)N1CC[C@@H](N=C2NS(=O)(=O)c3ccccc32)C1. The number of ether oxygens (including phenoxy) is 1. The van der Waals surface area contributed by atoms with E-state index < -0.39 is 15.6 Å². The van der Waals surface area contributed by atoms with Gasteiger partial charge in [0.15, 0.2) is 0 Å². The smallest absolute Gasteiger partial charge is 0.410 e. The zero-order valence-corrected chi connectivity index (χ0v) is 14.8. The van der Waals surface area contributed by atoms with Crippen LogP contribution in [0.5, 0.6) is 0 Å². The average Bonchev–Trinajstić information content (AvgIpc) is 3.02. The average molecular weight is 351 g/mol. The van der Waals surface area contributed by atoms with Crippen molar-refractivity contribution in [2.45, 2.75) is 43.7 Å². The highest BCUT2D eigenvalue weighted by molar-refractivity contribution is 7.90. The maximum absolute atomic E-state index is 12.1. The highest BCUT2D eigenvalue weighted by Crippen LogP contribution is 2.24. The normalized spacial score (nSPS) is 23.9. The number of amidine groups is 1. The fourth-order valence-corrected chi connectivity index (χ4v) is 3.99. The lowest BCUT2D eigenvalue weighted by molar-refractivity contribution is 0.0293. The quantitative estimate of drug-likeness (QED) is 0.835. The number of nitrogens with zero attached hydrogens (tertiary/aromatic N) is 2. The molecule has 1 saturated heterocycles. The molecule has 1 atom stereocenters. The van der Waals surface area contributed by atoms with Crippen LogP contribution in [-0.4, -0.2) is 50.0 Å². The van der Waals surface area contributed by atoms with E-state index in [1.165, 1.54) is 0 Å². The number of amides is 1. The molecule has 0 aromatic heterocycles. The second kappa shape index (κ2) is 5.77.